The van der Waals surface area contributed by atoms with Crippen molar-refractivity contribution in [1.82, 2.24) is 10.6 Å². The molecule has 3 atom stereocenters. The van der Waals surface area contributed by atoms with Crippen molar-refractivity contribution < 1.29 is 14.3 Å². The number of rotatable bonds is 5. The Morgan fingerprint density at radius 1 is 1.29 bits per heavy atom. The molecule has 2 heterocycles. The van der Waals surface area contributed by atoms with Crippen LogP contribution in [0, 0.1) is 0 Å². The molecule has 17 heavy (non-hydrogen) atoms. The molecular weight excluding hydrogens is 220 g/mol. The second-order valence-electron chi connectivity index (χ2n) is 4.86. The molecule has 2 saturated heterocycles. The van der Waals surface area contributed by atoms with Crippen molar-refractivity contribution in [3.63, 3.8) is 0 Å². The normalized spacial score (nSPS) is 32.9. The van der Waals surface area contributed by atoms with Gasteiger partial charge in [-0.2, -0.15) is 0 Å². The summed E-state index contributed by atoms with van der Waals surface area (Å²) < 4.78 is 5.55. The van der Waals surface area contributed by atoms with E-state index in [2.05, 4.69) is 10.6 Å². The van der Waals surface area contributed by atoms with E-state index < -0.39 is 0 Å². The van der Waals surface area contributed by atoms with Crippen molar-refractivity contribution in [3.8, 4) is 0 Å². The van der Waals surface area contributed by atoms with Crippen molar-refractivity contribution in [2.75, 3.05) is 19.7 Å². The Kier molecular flexibility index (Phi) is 4.25. The first kappa shape index (κ1) is 12.7. The Morgan fingerprint density at radius 3 is 2.71 bits per heavy atom. The van der Waals surface area contributed by atoms with Crippen molar-refractivity contribution >= 4 is 11.6 Å². The molecule has 0 saturated carbocycles. The van der Waals surface area contributed by atoms with Crippen LogP contribution < -0.4 is 10.6 Å². The SMILES string of the molecule is CC(=O)C1C[C@H](OCC(=O)[C@@H]2CCCN2)CN1. The van der Waals surface area contributed by atoms with Crippen LogP contribution in [0.15, 0.2) is 0 Å². The van der Waals surface area contributed by atoms with Crippen molar-refractivity contribution in [3.05, 3.63) is 0 Å². The predicted octanol–water partition coefficient (Wildman–Crippen LogP) is -0.356. The molecular formula is C12H20N2O3. The smallest absolute Gasteiger partial charge is 0.175 e. The van der Waals surface area contributed by atoms with E-state index in [-0.39, 0.29) is 36.4 Å². The molecule has 5 nitrogen and oxygen atoms in total. The quantitative estimate of drug-likeness (QED) is 0.687. The number of Topliss-reactive ketones (excluding diaryl/α,β-unsaturated/α-hetero) is 2. The standard InChI is InChI=1S/C12H20N2O3/c1-8(15)11-5-9(6-14-11)17-7-12(16)10-3-2-4-13-10/h9-11,13-14H,2-7H2,1H3/t9-,10-,11?/m0/s1. The highest BCUT2D eigenvalue weighted by Crippen LogP contribution is 2.12. The van der Waals surface area contributed by atoms with Crippen LogP contribution in [0.3, 0.4) is 0 Å². The van der Waals surface area contributed by atoms with Gasteiger partial charge in [-0.1, -0.05) is 0 Å². The molecule has 2 rings (SSSR count). The fourth-order valence-corrected chi connectivity index (χ4v) is 2.40. The first-order valence-electron chi connectivity index (χ1n) is 6.28. The molecule has 0 aromatic rings. The Labute approximate surface area is 101 Å². The highest BCUT2D eigenvalue weighted by atomic mass is 16.5. The van der Waals surface area contributed by atoms with E-state index in [0.717, 1.165) is 19.4 Å². The first-order valence-corrected chi connectivity index (χ1v) is 6.28. The second kappa shape index (κ2) is 5.71. The second-order valence-corrected chi connectivity index (χ2v) is 4.86. The molecule has 0 aliphatic carbocycles. The number of carbonyl (C=O) groups is 2. The topological polar surface area (TPSA) is 67.4 Å². The minimum absolute atomic E-state index is 0.00532. The maximum absolute atomic E-state index is 11.7. The molecule has 0 amide bonds. The van der Waals surface area contributed by atoms with Crippen molar-refractivity contribution in [2.45, 2.75) is 44.4 Å². The number of ketones is 2. The van der Waals surface area contributed by atoms with E-state index in [1.54, 1.807) is 6.92 Å². The van der Waals surface area contributed by atoms with E-state index in [9.17, 15) is 9.59 Å². The molecule has 0 spiro atoms. The summed E-state index contributed by atoms with van der Waals surface area (Å²) in [6.45, 7) is 3.33. The van der Waals surface area contributed by atoms with E-state index in [4.69, 9.17) is 4.74 Å². The lowest BCUT2D eigenvalue weighted by Crippen LogP contribution is -2.35. The van der Waals surface area contributed by atoms with Gasteiger partial charge in [-0.05, 0) is 32.7 Å². The summed E-state index contributed by atoms with van der Waals surface area (Å²) in [5.41, 5.74) is 0. The van der Waals surface area contributed by atoms with Gasteiger partial charge in [-0.3, -0.25) is 9.59 Å². The molecule has 0 aromatic carbocycles. The maximum Gasteiger partial charge on any atom is 0.175 e. The van der Waals surface area contributed by atoms with Crippen LogP contribution in [0.1, 0.15) is 26.2 Å². The van der Waals surface area contributed by atoms with Crippen LogP contribution in [0.25, 0.3) is 0 Å². The zero-order chi connectivity index (χ0) is 12.3. The Bertz CT molecular complexity index is 300. The lowest BCUT2D eigenvalue weighted by molar-refractivity contribution is -0.126. The molecule has 2 aliphatic heterocycles. The summed E-state index contributed by atoms with van der Waals surface area (Å²) in [7, 11) is 0. The van der Waals surface area contributed by atoms with Crippen LogP contribution in [-0.4, -0.2) is 49.5 Å². The highest BCUT2D eigenvalue weighted by molar-refractivity contribution is 5.85. The lowest BCUT2D eigenvalue weighted by atomic mass is 10.1. The Morgan fingerprint density at radius 2 is 2.12 bits per heavy atom. The molecule has 0 aromatic heterocycles. The summed E-state index contributed by atoms with van der Waals surface area (Å²) in [4.78, 5) is 22.9. The lowest BCUT2D eigenvalue weighted by Gasteiger charge is -2.13. The van der Waals surface area contributed by atoms with Gasteiger partial charge in [0.25, 0.3) is 0 Å². The minimum atomic E-state index is -0.0975. The number of nitrogens with one attached hydrogen (secondary N) is 2. The number of hydrogen-bond donors (Lipinski definition) is 2. The summed E-state index contributed by atoms with van der Waals surface area (Å²) in [5, 5.41) is 6.26. The number of ether oxygens (including phenoxy) is 1. The molecule has 2 fully saturated rings. The largest absolute Gasteiger partial charge is 0.369 e. The average molecular weight is 240 g/mol. The van der Waals surface area contributed by atoms with Crippen LogP contribution >= 0.6 is 0 Å². The summed E-state index contributed by atoms with van der Waals surface area (Å²) in [6, 6.07) is -0.118. The van der Waals surface area contributed by atoms with Gasteiger partial charge in [0.05, 0.1) is 18.2 Å². The monoisotopic (exact) mass is 240 g/mol. The van der Waals surface area contributed by atoms with Crippen LogP contribution in [0.2, 0.25) is 0 Å². The van der Waals surface area contributed by atoms with Gasteiger partial charge in [0, 0.05) is 6.54 Å². The Hall–Kier alpha value is -0.780. The molecule has 5 heteroatoms. The van der Waals surface area contributed by atoms with Crippen LogP contribution in [0.4, 0.5) is 0 Å². The van der Waals surface area contributed by atoms with E-state index in [1.807, 2.05) is 0 Å². The summed E-state index contributed by atoms with van der Waals surface area (Å²) >= 11 is 0. The third-order valence-corrected chi connectivity index (χ3v) is 3.49. The molecule has 1 unspecified atom stereocenters. The number of hydrogen-bond acceptors (Lipinski definition) is 5. The molecule has 2 N–H and O–H groups in total. The maximum atomic E-state index is 11.7. The average Bonchev–Trinajstić information content (AvgIpc) is 2.97. The van der Waals surface area contributed by atoms with E-state index >= 15 is 0 Å². The van der Waals surface area contributed by atoms with Gasteiger partial charge in [-0.25, -0.2) is 0 Å². The van der Waals surface area contributed by atoms with E-state index in [0.29, 0.717) is 13.0 Å². The Balaban J connectivity index is 1.68. The molecule has 2 aliphatic rings. The fourth-order valence-electron chi connectivity index (χ4n) is 2.40. The van der Waals surface area contributed by atoms with Gasteiger partial charge in [-0.15, -0.1) is 0 Å². The third kappa shape index (κ3) is 3.34. The fraction of sp³-hybridized carbons (Fsp3) is 0.833. The van der Waals surface area contributed by atoms with Gasteiger partial charge in [0.1, 0.15) is 12.4 Å². The van der Waals surface area contributed by atoms with Gasteiger partial charge in [0.2, 0.25) is 0 Å². The summed E-state index contributed by atoms with van der Waals surface area (Å²) in [6.07, 6.45) is 2.66. The minimum Gasteiger partial charge on any atom is -0.369 e. The van der Waals surface area contributed by atoms with Crippen LogP contribution in [0.5, 0.6) is 0 Å². The van der Waals surface area contributed by atoms with Gasteiger partial charge in [0.15, 0.2) is 5.78 Å². The van der Waals surface area contributed by atoms with Crippen LogP contribution in [-0.2, 0) is 14.3 Å². The van der Waals surface area contributed by atoms with Crippen molar-refractivity contribution in [1.29, 1.82) is 0 Å². The van der Waals surface area contributed by atoms with Gasteiger partial charge >= 0.3 is 0 Å². The van der Waals surface area contributed by atoms with Gasteiger partial charge < -0.3 is 15.4 Å². The van der Waals surface area contributed by atoms with Crippen molar-refractivity contribution in [2.24, 2.45) is 0 Å². The third-order valence-electron chi connectivity index (χ3n) is 3.49. The van der Waals surface area contributed by atoms with E-state index in [1.165, 1.54) is 0 Å². The molecule has 0 radical (unpaired) electrons. The zero-order valence-electron chi connectivity index (χ0n) is 10.2. The first-order chi connectivity index (χ1) is 8.16. The summed E-state index contributed by atoms with van der Waals surface area (Å²) in [5.74, 6) is 0.272. The zero-order valence-corrected chi connectivity index (χ0v) is 10.2. The predicted molar refractivity (Wildman–Crippen MR) is 62.9 cm³/mol. The molecule has 0 bridgehead atoms. The number of carbonyl (C=O) groups excluding carboxylic acids is 2. The highest BCUT2D eigenvalue weighted by Gasteiger charge is 2.29. The molecule has 96 valence electrons.